The third kappa shape index (κ3) is 5.76. The molecule has 3 aliphatic rings. The summed E-state index contributed by atoms with van der Waals surface area (Å²) in [6, 6.07) is 0. The molecule has 0 aromatic rings. The Morgan fingerprint density at radius 1 is 0.677 bits per heavy atom. The van der Waals surface area contributed by atoms with E-state index in [4.69, 9.17) is 11.6 Å². The summed E-state index contributed by atoms with van der Waals surface area (Å²) in [5.74, 6) is -9.90. The maximum Gasteiger partial charge on any atom is 0.522 e. The molecule has 0 amide bonds. The van der Waals surface area contributed by atoms with Crippen LogP contribution < -0.4 is 0 Å². The summed E-state index contributed by atoms with van der Waals surface area (Å²) >= 11 is 5.69. The van der Waals surface area contributed by atoms with Crippen LogP contribution in [0.4, 0.5) is 39.5 Å². The number of rotatable bonds is 4. The highest BCUT2D eigenvalue weighted by atomic mass is 35.5. The predicted octanol–water partition coefficient (Wildman–Crippen LogP) is 7.11. The molecule has 4 unspecified atom stereocenters. The van der Waals surface area contributed by atoms with Gasteiger partial charge in [-0.25, -0.2) is 26.3 Å². The molecule has 0 heterocycles. The molecular formula is C20H26ClF9O. The van der Waals surface area contributed by atoms with Gasteiger partial charge < -0.3 is 0 Å². The average molecular weight is 489 g/mol. The van der Waals surface area contributed by atoms with Gasteiger partial charge in [-0.05, 0) is 57.3 Å². The van der Waals surface area contributed by atoms with E-state index >= 15 is 0 Å². The summed E-state index contributed by atoms with van der Waals surface area (Å²) in [7, 11) is 0. The van der Waals surface area contributed by atoms with Crippen LogP contribution in [0.15, 0.2) is 0 Å². The lowest BCUT2D eigenvalue weighted by Gasteiger charge is -2.46. The summed E-state index contributed by atoms with van der Waals surface area (Å²) in [6.07, 6.45) is -16.5. The van der Waals surface area contributed by atoms with Crippen LogP contribution in [0.5, 0.6) is 0 Å². The van der Waals surface area contributed by atoms with Crippen molar-refractivity contribution in [2.75, 3.05) is 0 Å². The maximum absolute atomic E-state index is 15.0. The number of hydrogen-bond donors (Lipinski definition) is 0. The van der Waals surface area contributed by atoms with Gasteiger partial charge in [0.2, 0.25) is 0 Å². The minimum absolute atomic E-state index is 0.0333. The van der Waals surface area contributed by atoms with Crippen molar-refractivity contribution in [3.63, 3.8) is 0 Å². The van der Waals surface area contributed by atoms with Crippen molar-refractivity contribution >= 4 is 11.6 Å². The van der Waals surface area contributed by atoms with Crippen molar-refractivity contribution in [3.05, 3.63) is 0 Å². The van der Waals surface area contributed by atoms with Crippen LogP contribution in [0.2, 0.25) is 0 Å². The van der Waals surface area contributed by atoms with E-state index in [9.17, 15) is 39.5 Å². The fourth-order valence-corrected chi connectivity index (χ4v) is 6.07. The standard InChI is InChI=1S/C20H26ClF9O/c21-11-7-15(24)18(16(25)8-11)19(26,27)10-5-13(22)17(14(23)6-10)9-1-3-12(4-2-9)31-20(28,29)30/h9-18H,1-8H2. The smallest absolute Gasteiger partial charge is 0.289 e. The Morgan fingerprint density at radius 2 is 1.16 bits per heavy atom. The normalized spacial score (nSPS) is 45.5. The zero-order valence-corrected chi connectivity index (χ0v) is 17.4. The second kappa shape index (κ2) is 9.47. The Hall–Kier alpha value is -0.380. The SMILES string of the molecule is FC1CC(C(F)(F)C2C(F)CC(Cl)CC2F)CC(F)C1C1CCC(OC(F)(F)F)CC1. The summed E-state index contributed by atoms with van der Waals surface area (Å²) < 4.78 is 129. The van der Waals surface area contributed by atoms with Crippen molar-refractivity contribution < 1.29 is 44.3 Å². The zero-order chi connectivity index (χ0) is 23.1. The largest absolute Gasteiger partial charge is 0.522 e. The van der Waals surface area contributed by atoms with Gasteiger partial charge in [-0.3, -0.25) is 4.74 Å². The molecule has 0 N–H and O–H groups in total. The van der Waals surface area contributed by atoms with Crippen LogP contribution in [0.25, 0.3) is 0 Å². The van der Waals surface area contributed by atoms with Gasteiger partial charge in [0.1, 0.15) is 24.7 Å². The maximum atomic E-state index is 15.0. The van der Waals surface area contributed by atoms with Gasteiger partial charge in [0, 0.05) is 17.2 Å². The fraction of sp³-hybridized carbons (Fsp3) is 1.00. The van der Waals surface area contributed by atoms with Gasteiger partial charge in [-0.1, -0.05) is 0 Å². The van der Waals surface area contributed by atoms with Gasteiger partial charge in [0.25, 0.3) is 5.92 Å². The third-order valence-electron chi connectivity index (χ3n) is 7.15. The second-order valence-corrected chi connectivity index (χ2v) is 9.80. The topological polar surface area (TPSA) is 9.23 Å². The number of hydrogen-bond acceptors (Lipinski definition) is 1. The Labute approximate surface area is 180 Å². The van der Waals surface area contributed by atoms with Crippen molar-refractivity contribution in [2.24, 2.45) is 23.7 Å². The molecule has 3 aliphatic carbocycles. The van der Waals surface area contributed by atoms with Crippen LogP contribution in [-0.4, -0.2) is 48.5 Å². The summed E-state index contributed by atoms with van der Waals surface area (Å²) in [4.78, 5) is 0. The molecule has 0 aliphatic heterocycles. The van der Waals surface area contributed by atoms with Crippen molar-refractivity contribution in [1.29, 1.82) is 0 Å². The van der Waals surface area contributed by atoms with E-state index in [2.05, 4.69) is 4.74 Å². The molecule has 0 saturated heterocycles. The molecule has 1 nitrogen and oxygen atoms in total. The van der Waals surface area contributed by atoms with Gasteiger partial charge in [0.15, 0.2) is 0 Å². The highest BCUT2D eigenvalue weighted by molar-refractivity contribution is 6.20. The number of ether oxygens (including phenoxy) is 1. The summed E-state index contributed by atoms with van der Waals surface area (Å²) in [6.45, 7) is 0. The third-order valence-corrected chi connectivity index (χ3v) is 7.50. The first kappa shape index (κ1) is 25.2. The first-order chi connectivity index (χ1) is 14.3. The predicted molar refractivity (Wildman–Crippen MR) is 96.0 cm³/mol. The lowest BCUT2D eigenvalue weighted by Crippen LogP contribution is -2.54. The van der Waals surface area contributed by atoms with E-state index in [1.807, 2.05) is 0 Å². The van der Waals surface area contributed by atoms with Crippen LogP contribution in [-0.2, 0) is 4.74 Å². The van der Waals surface area contributed by atoms with Crippen LogP contribution in [0.1, 0.15) is 51.4 Å². The van der Waals surface area contributed by atoms with E-state index in [1.165, 1.54) is 0 Å². The van der Waals surface area contributed by atoms with E-state index < -0.39 is 97.8 Å². The highest BCUT2D eigenvalue weighted by Gasteiger charge is 2.59. The molecule has 3 fully saturated rings. The van der Waals surface area contributed by atoms with Gasteiger partial charge in [-0.2, -0.15) is 0 Å². The second-order valence-electron chi connectivity index (χ2n) is 9.18. The molecule has 0 radical (unpaired) electrons. The zero-order valence-electron chi connectivity index (χ0n) is 16.6. The Balaban J connectivity index is 1.62. The molecule has 0 aromatic carbocycles. The molecule has 0 spiro atoms. The summed E-state index contributed by atoms with van der Waals surface area (Å²) in [5, 5.41) is -0.910. The van der Waals surface area contributed by atoms with E-state index in [0.29, 0.717) is 0 Å². The molecule has 3 saturated carbocycles. The first-order valence-corrected chi connectivity index (χ1v) is 11.1. The quantitative estimate of drug-likeness (QED) is 0.302. The first-order valence-electron chi connectivity index (χ1n) is 10.6. The Bertz CT molecular complexity index is 572. The molecule has 0 bridgehead atoms. The van der Waals surface area contributed by atoms with Gasteiger partial charge in [0.05, 0.1) is 12.0 Å². The van der Waals surface area contributed by atoms with Crippen molar-refractivity contribution in [2.45, 2.75) is 99.8 Å². The van der Waals surface area contributed by atoms with Crippen molar-refractivity contribution in [1.82, 2.24) is 0 Å². The molecule has 0 aromatic heterocycles. The molecule has 182 valence electrons. The Morgan fingerprint density at radius 3 is 1.61 bits per heavy atom. The van der Waals surface area contributed by atoms with E-state index in [1.54, 1.807) is 0 Å². The average Bonchev–Trinajstić information content (AvgIpc) is 2.60. The highest BCUT2D eigenvalue weighted by Crippen LogP contribution is 2.52. The van der Waals surface area contributed by atoms with Gasteiger partial charge >= 0.3 is 6.36 Å². The Kier molecular flexibility index (Phi) is 7.71. The monoisotopic (exact) mass is 488 g/mol. The molecule has 4 atom stereocenters. The van der Waals surface area contributed by atoms with Crippen LogP contribution in [0.3, 0.4) is 0 Å². The molecule has 11 heteroatoms. The lowest BCUT2D eigenvalue weighted by atomic mass is 9.65. The van der Waals surface area contributed by atoms with Crippen LogP contribution in [0, 0.1) is 23.7 Å². The minimum Gasteiger partial charge on any atom is -0.289 e. The number of alkyl halides is 10. The molecule has 31 heavy (non-hydrogen) atoms. The summed E-state index contributed by atoms with van der Waals surface area (Å²) in [5.41, 5.74) is 0. The lowest BCUT2D eigenvalue weighted by molar-refractivity contribution is -0.346. The fourth-order valence-electron chi connectivity index (χ4n) is 5.73. The van der Waals surface area contributed by atoms with E-state index in [0.717, 1.165) is 0 Å². The van der Waals surface area contributed by atoms with Crippen molar-refractivity contribution in [3.8, 4) is 0 Å². The minimum atomic E-state index is -4.79. The van der Waals surface area contributed by atoms with E-state index in [-0.39, 0.29) is 25.7 Å². The number of halogens is 10. The molecule has 3 rings (SSSR count). The van der Waals surface area contributed by atoms with Crippen LogP contribution >= 0.6 is 11.6 Å². The molecular weight excluding hydrogens is 463 g/mol. The van der Waals surface area contributed by atoms with Gasteiger partial charge in [-0.15, -0.1) is 24.8 Å².